The standard InChI is InChI=1S/C31H35N2OSi/c1-20-10-14-24-25-15-13-23(19-32)29(22-12-11-21-8-7-17-35(3,4)27(21)18-22)31(25)34-30(24)28(20)26-9-5-6-16-33(26)2/h5-6,9-10,13-16,21-22,27H,7-8,11-12,17-18H2,1-4H3/q+1/i22D. The molecule has 0 spiro atoms. The van der Waals surface area contributed by atoms with Gasteiger partial charge in [0.25, 0.3) is 0 Å². The van der Waals surface area contributed by atoms with Crippen molar-refractivity contribution in [2.24, 2.45) is 13.0 Å². The summed E-state index contributed by atoms with van der Waals surface area (Å²) in [5.74, 6) is -0.0277. The van der Waals surface area contributed by atoms with E-state index in [4.69, 9.17) is 4.42 Å². The Balaban J connectivity index is 1.60. The molecule has 3 nitrogen and oxygen atoms in total. The van der Waals surface area contributed by atoms with E-state index in [1.165, 1.54) is 18.9 Å². The third-order valence-corrected chi connectivity index (χ3v) is 13.4. The second-order valence-corrected chi connectivity index (χ2v) is 16.7. The van der Waals surface area contributed by atoms with E-state index in [1.807, 2.05) is 18.2 Å². The molecule has 2 aromatic heterocycles. The number of rotatable bonds is 2. The molecular weight excluding hydrogens is 444 g/mol. The lowest BCUT2D eigenvalue weighted by Crippen LogP contribution is -2.43. The molecule has 4 heteroatoms. The van der Waals surface area contributed by atoms with Crippen molar-refractivity contribution in [3.05, 3.63) is 65.4 Å². The Morgan fingerprint density at radius 2 is 1.86 bits per heavy atom. The van der Waals surface area contributed by atoms with Crippen LogP contribution in [0.2, 0.25) is 24.7 Å². The Labute approximate surface area is 210 Å². The number of nitriles is 1. The van der Waals surface area contributed by atoms with Gasteiger partial charge in [-0.15, -0.1) is 0 Å². The SMILES string of the molecule is [2H]C1(c2c(C#N)ccc3c2oc2c(-c4cccc[n+]4C)c(C)ccc23)CCC2CCC[Si](C)(C)C2C1. The molecule has 178 valence electrons. The van der Waals surface area contributed by atoms with Crippen LogP contribution in [-0.2, 0) is 7.05 Å². The molecule has 6 rings (SSSR count). The van der Waals surface area contributed by atoms with Gasteiger partial charge in [0.2, 0.25) is 5.69 Å². The van der Waals surface area contributed by atoms with Crippen molar-refractivity contribution in [3.63, 3.8) is 0 Å². The molecule has 4 aromatic rings. The normalized spacial score (nSPS) is 26.3. The van der Waals surface area contributed by atoms with Crippen LogP contribution >= 0.6 is 0 Å². The molecule has 2 aliphatic rings. The molecule has 0 radical (unpaired) electrons. The van der Waals surface area contributed by atoms with Crippen LogP contribution < -0.4 is 4.57 Å². The second kappa shape index (κ2) is 8.35. The fraction of sp³-hybridized carbons (Fsp3) is 0.419. The van der Waals surface area contributed by atoms with Crippen LogP contribution in [0.4, 0.5) is 0 Å². The van der Waals surface area contributed by atoms with Crippen LogP contribution in [0.15, 0.2) is 53.1 Å². The number of benzene rings is 2. The minimum Gasteiger partial charge on any atom is -0.455 e. The molecule has 2 aromatic carbocycles. The van der Waals surface area contributed by atoms with Crippen molar-refractivity contribution in [1.82, 2.24) is 0 Å². The number of aromatic nitrogens is 1. The molecule has 3 heterocycles. The zero-order valence-electron chi connectivity index (χ0n) is 22.3. The maximum atomic E-state index is 10.2. The average molecular weight is 481 g/mol. The molecule has 35 heavy (non-hydrogen) atoms. The number of pyridine rings is 1. The number of hydrogen-bond donors (Lipinski definition) is 0. The number of aryl methyl sites for hydroxylation is 2. The lowest BCUT2D eigenvalue weighted by molar-refractivity contribution is -0.660. The second-order valence-electron chi connectivity index (χ2n) is 11.5. The summed E-state index contributed by atoms with van der Waals surface area (Å²) in [6, 6.07) is 18.3. The molecule has 0 bridgehead atoms. The smallest absolute Gasteiger partial charge is 0.216 e. The van der Waals surface area contributed by atoms with E-state index in [2.05, 4.69) is 68.2 Å². The van der Waals surface area contributed by atoms with Gasteiger partial charge in [-0.3, -0.25) is 0 Å². The quantitative estimate of drug-likeness (QED) is 0.215. The fourth-order valence-electron chi connectivity index (χ4n) is 7.13. The van der Waals surface area contributed by atoms with E-state index < -0.39 is 14.0 Å². The summed E-state index contributed by atoms with van der Waals surface area (Å²) in [4.78, 5) is 0. The minimum absolute atomic E-state index is 0.605. The fourth-order valence-corrected chi connectivity index (χ4v) is 11.0. The molecule has 3 unspecified atom stereocenters. The van der Waals surface area contributed by atoms with E-state index in [9.17, 15) is 6.63 Å². The van der Waals surface area contributed by atoms with Gasteiger partial charge in [-0.2, -0.15) is 5.26 Å². The highest BCUT2D eigenvalue weighted by Gasteiger charge is 2.44. The summed E-state index contributed by atoms with van der Waals surface area (Å²) in [5.41, 5.74) is 7.01. The predicted octanol–water partition coefficient (Wildman–Crippen LogP) is 8.01. The zero-order chi connectivity index (χ0) is 25.2. The van der Waals surface area contributed by atoms with Gasteiger partial charge in [-0.25, -0.2) is 4.57 Å². The maximum absolute atomic E-state index is 10.2. The van der Waals surface area contributed by atoms with Crippen molar-refractivity contribution in [2.45, 2.75) is 69.6 Å². The van der Waals surface area contributed by atoms with E-state index in [0.29, 0.717) is 11.1 Å². The molecular formula is C31H35N2OSi+. The Hall–Kier alpha value is -2.90. The zero-order valence-corrected chi connectivity index (χ0v) is 22.3. The molecule has 1 saturated carbocycles. The van der Waals surface area contributed by atoms with Gasteiger partial charge in [-0.05, 0) is 67.3 Å². The summed E-state index contributed by atoms with van der Waals surface area (Å²) >= 11 is 0. The topological polar surface area (TPSA) is 40.8 Å². The van der Waals surface area contributed by atoms with Gasteiger partial charge in [0, 0.05) is 29.8 Å². The third-order valence-electron chi connectivity index (χ3n) is 9.06. The summed E-state index contributed by atoms with van der Waals surface area (Å²) in [6.45, 7) is 7.18. The largest absolute Gasteiger partial charge is 0.455 e. The van der Waals surface area contributed by atoms with Crippen LogP contribution in [0.25, 0.3) is 33.2 Å². The van der Waals surface area contributed by atoms with Gasteiger partial charge < -0.3 is 4.42 Å². The van der Waals surface area contributed by atoms with Gasteiger partial charge in [0.15, 0.2) is 6.20 Å². The Morgan fingerprint density at radius 3 is 2.66 bits per heavy atom. The van der Waals surface area contributed by atoms with Crippen molar-refractivity contribution >= 4 is 30.0 Å². The summed E-state index contributed by atoms with van der Waals surface area (Å²) < 4.78 is 18.8. The first kappa shape index (κ1) is 21.4. The van der Waals surface area contributed by atoms with E-state index in [-0.39, 0.29) is 0 Å². The molecule has 3 atom stereocenters. The lowest BCUT2D eigenvalue weighted by Gasteiger charge is -2.48. The Morgan fingerprint density at radius 1 is 1.06 bits per heavy atom. The highest BCUT2D eigenvalue weighted by molar-refractivity contribution is 6.79. The minimum atomic E-state index is -1.40. The number of furan rings is 1. The van der Waals surface area contributed by atoms with E-state index in [1.54, 1.807) is 0 Å². The van der Waals surface area contributed by atoms with Crippen LogP contribution in [-0.4, -0.2) is 8.07 Å². The van der Waals surface area contributed by atoms with Gasteiger partial charge in [0.05, 0.1) is 25.3 Å². The molecule has 2 fully saturated rings. The molecule has 0 N–H and O–H groups in total. The average Bonchev–Trinajstić information content (AvgIpc) is 3.23. The molecule has 1 saturated heterocycles. The maximum Gasteiger partial charge on any atom is 0.216 e. The highest BCUT2D eigenvalue weighted by atomic mass is 28.3. The van der Waals surface area contributed by atoms with Crippen LogP contribution in [0, 0.1) is 24.2 Å². The van der Waals surface area contributed by atoms with Crippen LogP contribution in [0.3, 0.4) is 0 Å². The number of fused-ring (bicyclic) bond motifs is 4. The summed E-state index contributed by atoms with van der Waals surface area (Å²) in [5, 5.41) is 12.3. The number of nitrogens with zero attached hydrogens (tertiary/aromatic N) is 2. The first-order valence-electron chi connectivity index (χ1n) is 13.6. The number of hydrogen-bond acceptors (Lipinski definition) is 2. The Kier molecular flexibility index (Phi) is 5.10. The molecule has 0 amide bonds. The van der Waals surface area contributed by atoms with Crippen LogP contribution in [0.5, 0.6) is 0 Å². The Bertz CT molecular complexity index is 1550. The van der Waals surface area contributed by atoms with Crippen molar-refractivity contribution < 1.29 is 10.4 Å². The van der Waals surface area contributed by atoms with E-state index in [0.717, 1.165) is 69.5 Å². The predicted molar refractivity (Wildman–Crippen MR) is 145 cm³/mol. The first-order valence-corrected chi connectivity index (χ1v) is 16.4. The van der Waals surface area contributed by atoms with Crippen molar-refractivity contribution in [1.29, 1.82) is 5.26 Å². The van der Waals surface area contributed by atoms with Gasteiger partial charge in [-0.1, -0.05) is 44.1 Å². The third kappa shape index (κ3) is 3.55. The summed E-state index contributed by atoms with van der Waals surface area (Å²) in [7, 11) is 0.654. The molecule has 1 aliphatic carbocycles. The first-order chi connectivity index (χ1) is 17.2. The van der Waals surface area contributed by atoms with E-state index >= 15 is 0 Å². The van der Waals surface area contributed by atoms with Gasteiger partial charge in [0.1, 0.15) is 18.2 Å². The van der Waals surface area contributed by atoms with Gasteiger partial charge >= 0.3 is 0 Å². The highest BCUT2D eigenvalue weighted by Crippen LogP contribution is 2.55. The van der Waals surface area contributed by atoms with Crippen LogP contribution in [0.1, 0.15) is 56.1 Å². The molecule has 1 aliphatic heterocycles. The lowest BCUT2D eigenvalue weighted by atomic mass is 9.75. The monoisotopic (exact) mass is 480 g/mol. The van der Waals surface area contributed by atoms with Crippen molar-refractivity contribution in [2.75, 3.05) is 0 Å². The van der Waals surface area contributed by atoms with Crippen molar-refractivity contribution in [3.8, 4) is 17.3 Å². The summed E-state index contributed by atoms with van der Waals surface area (Å²) in [6.07, 6.45) is 7.49.